The van der Waals surface area contributed by atoms with Crippen LogP contribution in [0.15, 0.2) is 24.3 Å². The van der Waals surface area contributed by atoms with Crippen LogP contribution in [0.25, 0.3) is 0 Å². The van der Waals surface area contributed by atoms with Gasteiger partial charge in [-0.15, -0.1) is 0 Å². The maximum atomic E-state index is 12.8. The summed E-state index contributed by atoms with van der Waals surface area (Å²) >= 11 is 6.13. The molecule has 3 amide bonds. The largest absolute Gasteiger partial charge is 0.450 e. The van der Waals surface area contributed by atoms with E-state index in [0.717, 1.165) is 0 Å². The molecule has 2 aliphatic heterocycles. The Morgan fingerprint density at radius 3 is 2.52 bits per heavy atom. The number of nitrogens with zero attached hydrogens (tertiary/aromatic N) is 3. The molecular weight excluding hydrogens is 346 g/mol. The van der Waals surface area contributed by atoms with E-state index in [1.165, 1.54) is 4.90 Å². The van der Waals surface area contributed by atoms with Crippen LogP contribution in [-0.4, -0.2) is 66.5 Å². The van der Waals surface area contributed by atoms with Crippen molar-refractivity contribution in [3.63, 3.8) is 0 Å². The van der Waals surface area contributed by atoms with Gasteiger partial charge in [0.25, 0.3) is 5.91 Å². The Balaban J connectivity index is 1.67. The molecule has 2 saturated heterocycles. The van der Waals surface area contributed by atoms with Gasteiger partial charge in [0.1, 0.15) is 0 Å². The Morgan fingerprint density at radius 1 is 1.20 bits per heavy atom. The molecule has 0 spiro atoms. The number of hydrogen-bond donors (Lipinski definition) is 0. The molecule has 8 heteroatoms. The molecule has 2 heterocycles. The first-order chi connectivity index (χ1) is 12.0. The number of ether oxygens (including phenoxy) is 1. The van der Waals surface area contributed by atoms with Gasteiger partial charge in [0, 0.05) is 26.2 Å². The number of carbonyl (C=O) groups is 3. The number of rotatable bonds is 3. The van der Waals surface area contributed by atoms with E-state index in [2.05, 4.69) is 0 Å². The van der Waals surface area contributed by atoms with E-state index in [0.29, 0.717) is 43.5 Å². The molecule has 0 unspecified atom stereocenters. The fourth-order valence-electron chi connectivity index (χ4n) is 3.22. The van der Waals surface area contributed by atoms with Gasteiger partial charge < -0.3 is 9.64 Å². The lowest BCUT2D eigenvalue weighted by Crippen LogP contribution is -2.54. The van der Waals surface area contributed by atoms with Gasteiger partial charge in [-0.1, -0.05) is 23.7 Å². The first kappa shape index (κ1) is 17.7. The first-order valence-electron chi connectivity index (χ1n) is 8.30. The molecule has 3 rings (SSSR count). The SMILES string of the molecule is CCOC(=O)N1CCN([C@@H]2CC(=O)N(c3ccccc3Cl)C2=O)CC1. The molecule has 2 fully saturated rings. The Hall–Kier alpha value is -2.12. The van der Waals surface area contributed by atoms with Gasteiger partial charge in [-0.05, 0) is 19.1 Å². The summed E-state index contributed by atoms with van der Waals surface area (Å²) in [5.41, 5.74) is 0.423. The van der Waals surface area contributed by atoms with Crippen molar-refractivity contribution in [3.05, 3.63) is 29.3 Å². The van der Waals surface area contributed by atoms with Crippen LogP contribution in [-0.2, 0) is 14.3 Å². The molecule has 0 aliphatic carbocycles. The van der Waals surface area contributed by atoms with E-state index < -0.39 is 6.04 Å². The van der Waals surface area contributed by atoms with Gasteiger partial charge in [-0.3, -0.25) is 14.5 Å². The lowest BCUT2D eigenvalue weighted by molar-refractivity contribution is -0.123. The third-order valence-corrected chi connectivity index (χ3v) is 4.82. The van der Waals surface area contributed by atoms with Crippen molar-refractivity contribution >= 4 is 35.2 Å². The third kappa shape index (κ3) is 3.48. The van der Waals surface area contributed by atoms with Crippen molar-refractivity contribution in [2.45, 2.75) is 19.4 Å². The van der Waals surface area contributed by atoms with Gasteiger partial charge in [-0.25, -0.2) is 9.69 Å². The molecule has 1 atom stereocenters. The highest BCUT2D eigenvalue weighted by atomic mass is 35.5. The number of amides is 3. The average molecular weight is 366 g/mol. The quantitative estimate of drug-likeness (QED) is 0.763. The van der Waals surface area contributed by atoms with E-state index in [4.69, 9.17) is 16.3 Å². The summed E-state index contributed by atoms with van der Waals surface area (Å²) < 4.78 is 4.99. The highest BCUT2D eigenvalue weighted by molar-refractivity contribution is 6.36. The Labute approximate surface area is 151 Å². The molecule has 1 aromatic carbocycles. The van der Waals surface area contributed by atoms with Crippen molar-refractivity contribution in [3.8, 4) is 0 Å². The van der Waals surface area contributed by atoms with E-state index >= 15 is 0 Å². The van der Waals surface area contributed by atoms with Crippen LogP contribution in [0.1, 0.15) is 13.3 Å². The standard InChI is InChI=1S/C17H20ClN3O4/c1-2-25-17(24)20-9-7-19(8-10-20)14-11-15(22)21(16(14)23)13-6-4-3-5-12(13)18/h3-6,14H,2,7-11H2,1H3/t14-/m1/s1. The topological polar surface area (TPSA) is 70.2 Å². The van der Waals surface area contributed by atoms with E-state index in [1.54, 1.807) is 36.1 Å². The summed E-state index contributed by atoms with van der Waals surface area (Å²) in [6, 6.07) is 6.31. The zero-order valence-electron chi connectivity index (χ0n) is 14.0. The van der Waals surface area contributed by atoms with Crippen LogP contribution in [0.2, 0.25) is 5.02 Å². The monoisotopic (exact) mass is 365 g/mol. The van der Waals surface area contributed by atoms with Crippen molar-refractivity contribution < 1.29 is 19.1 Å². The van der Waals surface area contributed by atoms with Gasteiger partial charge >= 0.3 is 6.09 Å². The molecule has 0 aromatic heterocycles. The van der Waals surface area contributed by atoms with Crippen LogP contribution in [0.5, 0.6) is 0 Å². The van der Waals surface area contributed by atoms with Crippen molar-refractivity contribution in [1.29, 1.82) is 0 Å². The molecule has 0 saturated carbocycles. The summed E-state index contributed by atoms with van der Waals surface area (Å²) in [6.45, 7) is 4.10. The lowest BCUT2D eigenvalue weighted by atomic mass is 10.2. The first-order valence-corrected chi connectivity index (χ1v) is 8.67. The molecule has 2 aliphatic rings. The number of piperazine rings is 1. The zero-order chi connectivity index (χ0) is 18.0. The normalized spacial score (nSPS) is 21.8. The molecular formula is C17H20ClN3O4. The molecule has 0 radical (unpaired) electrons. The molecule has 0 bridgehead atoms. The fraction of sp³-hybridized carbons (Fsp3) is 0.471. The predicted octanol–water partition coefficient (Wildman–Crippen LogP) is 1.75. The van der Waals surface area contributed by atoms with E-state index in [1.807, 2.05) is 4.90 Å². The number of para-hydroxylation sites is 1. The maximum absolute atomic E-state index is 12.8. The number of imide groups is 1. The smallest absolute Gasteiger partial charge is 0.409 e. The van der Waals surface area contributed by atoms with Crippen LogP contribution < -0.4 is 4.90 Å². The Kier molecular flexibility index (Phi) is 5.24. The number of anilines is 1. The zero-order valence-corrected chi connectivity index (χ0v) is 14.7. The summed E-state index contributed by atoms with van der Waals surface area (Å²) in [4.78, 5) is 41.7. The van der Waals surface area contributed by atoms with Crippen LogP contribution in [0.3, 0.4) is 0 Å². The van der Waals surface area contributed by atoms with Gasteiger partial charge in [0.2, 0.25) is 5.91 Å². The van der Waals surface area contributed by atoms with E-state index in [-0.39, 0.29) is 24.3 Å². The second-order valence-electron chi connectivity index (χ2n) is 5.96. The fourth-order valence-corrected chi connectivity index (χ4v) is 3.44. The van der Waals surface area contributed by atoms with Crippen LogP contribution in [0.4, 0.5) is 10.5 Å². The number of hydrogen-bond acceptors (Lipinski definition) is 5. The Bertz CT molecular complexity index is 688. The highest BCUT2D eigenvalue weighted by Gasteiger charge is 2.44. The highest BCUT2D eigenvalue weighted by Crippen LogP contribution is 2.31. The van der Waals surface area contributed by atoms with Gasteiger partial charge in [-0.2, -0.15) is 0 Å². The molecule has 7 nitrogen and oxygen atoms in total. The molecule has 134 valence electrons. The van der Waals surface area contributed by atoms with Crippen molar-refractivity contribution in [2.24, 2.45) is 0 Å². The van der Waals surface area contributed by atoms with Crippen LogP contribution >= 0.6 is 11.6 Å². The summed E-state index contributed by atoms with van der Waals surface area (Å²) in [5.74, 6) is -0.515. The predicted molar refractivity (Wildman–Crippen MR) is 92.5 cm³/mol. The minimum absolute atomic E-state index is 0.128. The second kappa shape index (κ2) is 7.41. The summed E-state index contributed by atoms with van der Waals surface area (Å²) in [7, 11) is 0. The lowest BCUT2D eigenvalue weighted by Gasteiger charge is -2.36. The van der Waals surface area contributed by atoms with Crippen LogP contribution in [0, 0.1) is 0 Å². The second-order valence-corrected chi connectivity index (χ2v) is 6.37. The van der Waals surface area contributed by atoms with E-state index in [9.17, 15) is 14.4 Å². The Morgan fingerprint density at radius 2 is 1.88 bits per heavy atom. The minimum atomic E-state index is -0.506. The minimum Gasteiger partial charge on any atom is -0.450 e. The number of halogens is 1. The maximum Gasteiger partial charge on any atom is 0.409 e. The molecule has 1 aromatic rings. The third-order valence-electron chi connectivity index (χ3n) is 4.50. The van der Waals surface area contributed by atoms with Crippen molar-refractivity contribution in [1.82, 2.24) is 9.80 Å². The van der Waals surface area contributed by atoms with Gasteiger partial charge in [0.05, 0.1) is 29.8 Å². The molecule has 25 heavy (non-hydrogen) atoms. The van der Waals surface area contributed by atoms with Gasteiger partial charge in [0.15, 0.2) is 0 Å². The van der Waals surface area contributed by atoms with Crippen molar-refractivity contribution in [2.75, 3.05) is 37.7 Å². The molecule has 0 N–H and O–H groups in total. The number of carbonyl (C=O) groups excluding carboxylic acids is 3. The number of benzene rings is 1. The summed E-state index contributed by atoms with van der Waals surface area (Å²) in [5, 5.41) is 0.372. The average Bonchev–Trinajstić information content (AvgIpc) is 2.90. The summed E-state index contributed by atoms with van der Waals surface area (Å²) in [6.07, 6.45) is -0.211.